The van der Waals surface area contributed by atoms with Crippen LogP contribution < -0.4 is 14.9 Å². The van der Waals surface area contributed by atoms with E-state index in [1.54, 1.807) is 13.2 Å². The highest BCUT2D eigenvalue weighted by molar-refractivity contribution is 5.77. The Morgan fingerprint density at radius 3 is 2.37 bits per heavy atom. The van der Waals surface area contributed by atoms with Crippen molar-refractivity contribution in [3.8, 4) is 17.2 Å². The number of carbonyl (C=O) groups is 1. The Labute approximate surface area is 305 Å². The molecule has 2 heterocycles. The number of hydrogen-bond donors (Lipinski definition) is 2. The smallest absolute Gasteiger partial charge is 0.268 e. The molecule has 0 aromatic heterocycles. The number of aryl methyl sites for hydroxylation is 2. The van der Waals surface area contributed by atoms with Gasteiger partial charge in [0.1, 0.15) is 31.0 Å². The fraction of sp³-hybridized carbons (Fsp3) is 0.533. The number of unbranched alkanes of at least 4 members (excludes halogenated alkanes) is 6. The Morgan fingerprint density at radius 1 is 0.980 bits per heavy atom. The van der Waals surface area contributed by atoms with Crippen LogP contribution in [0.4, 0.5) is 0 Å². The number of piperidine rings is 1. The molecular formula is C45H59N2O4+. The van der Waals surface area contributed by atoms with E-state index in [-0.39, 0.29) is 29.4 Å². The van der Waals surface area contributed by atoms with E-state index < -0.39 is 0 Å². The molecule has 2 N–H and O–H groups in total. The van der Waals surface area contributed by atoms with Crippen molar-refractivity contribution in [3.63, 3.8) is 0 Å². The highest BCUT2D eigenvalue weighted by atomic mass is 16.5. The average Bonchev–Trinajstić information content (AvgIpc) is 3.49. The SMILES string of the molecule is C=CC[N+]1(NC(=O)C(CCCCCCCCCc2ccccc2)CCc2ccccc2)CC[C@]23c4c5c(O)cc(OC)c4O[C@H]2CCC[C@H]3[C@H]1C5. The molecule has 2 unspecified atom stereocenters. The summed E-state index contributed by atoms with van der Waals surface area (Å²) in [5.74, 6) is 2.29. The molecule has 1 amide bonds. The predicted octanol–water partition coefficient (Wildman–Crippen LogP) is 9.17. The molecule has 3 aromatic carbocycles. The molecular weight excluding hydrogens is 633 g/mol. The summed E-state index contributed by atoms with van der Waals surface area (Å²) in [5, 5.41) is 11.4. The quantitative estimate of drug-likeness (QED) is 0.0793. The zero-order chi connectivity index (χ0) is 35.3. The van der Waals surface area contributed by atoms with Crippen LogP contribution in [0.15, 0.2) is 79.4 Å². The van der Waals surface area contributed by atoms with Crippen molar-refractivity contribution >= 4 is 5.91 Å². The number of aromatic hydroxyl groups is 1. The lowest BCUT2D eigenvalue weighted by molar-refractivity contribution is -0.989. The number of nitrogens with one attached hydrogen (secondary N) is 1. The first kappa shape index (κ1) is 35.6. The lowest BCUT2D eigenvalue weighted by atomic mass is 9.51. The number of rotatable bonds is 18. The first-order valence-corrected chi connectivity index (χ1v) is 20.0. The Balaban J connectivity index is 1.03. The Bertz CT molecular complexity index is 1640. The van der Waals surface area contributed by atoms with Gasteiger partial charge >= 0.3 is 0 Å². The summed E-state index contributed by atoms with van der Waals surface area (Å²) >= 11 is 0. The largest absolute Gasteiger partial charge is 0.508 e. The maximum atomic E-state index is 14.6. The summed E-state index contributed by atoms with van der Waals surface area (Å²) in [6.45, 7) is 5.72. The monoisotopic (exact) mass is 691 g/mol. The predicted molar refractivity (Wildman–Crippen MR) is 204 cm³/mol. The van der Waals surface area contributed by atoms with Gasteiger partial charge < -0.3 is 14.6 Å². The van der Waals surface area contributed by atoms with Crippen LogP contribution in [0.5, 0.6) is 17.2 Å². The third-order valence-corrected chi connectivity index (χ3v) is 13.1. The molecule has 2 fully saturated rings. The number of nitrogens with zero attached hydrogens (tertiary/aromatic N) is 1. The van der Waals surface area contributed by atoms with Crippen LogP contribution in [0.25, 0.3) is 0 Å². The van der Waals surface area contributed by atoms with Gasteiger partial charge in [0.05, 0.1) is 12.5 Å². The minimum Gasteiger partial charge on any atom is -0.508 e. The number of methoxy groups -OCH3 is 1. The summed E-state index contributed by atoms with van der Waals surface area (Å²) in [5.41, 5.74) is 8.52. The highest BCUT2D eigenvalue weighted by Crippen LogP contribution is 2.66. The van der Waals surface area contributed by atoms with Crippen LogP contribution in [0.3, 0.4) is 0 Å². The molecule has 51 heavy (non-hydrogen) atoms. The highest BCUT2D eigenvalue weighted by Gasteiger charge is 2.68. The van der Waals surface area contributed by atoms with Gasteiger partial charge in [-0.1, -0.05) is 106 Å². The van der Waals surface area contributed by atoms with Crippen LogP contribution in [-0.2, 0) is 29.5 Å². The van der Waals surface area contributed by atoms with E-state index in [2.05, 4.69) is 72.7 Å². The van der Waals surface area contributed by atoms with E-state index in [9.17, 15) is 9.90 Å². The molecule has 2 bridgehead atoms. The van der Waals surface area contributed by atoms with Crippen molar-refractivity contribution in [1.29, 1.82) is 0 Å². The van der Waals surface area contributed by atoms with E-state index in [1.165, 1.54) is 61.6 Å². The topological polar surface area (TPSA) is 67.8 Å². The fourth-order valence-corrected chi connectivity index (χ4v) is 10.6. The number of phenolic OH excluding ortho intramolecular Hbond substituents is 1. The van der Waals surface area contributed by atoms with Crippen LogP contribution in [0.2, 0.25) is 0 Å². The van der Waals surface area contributed by atoms with Gasteiger partial charge in [0.25, 0.3) is 5.91 Å². The second kappa shape index (κ2) is 15.9. The Hall–Kier alpha value is -3.77. The van der Waals surface area contributed by atoms with E-state index in [4.69, 9.17) is 9.47 Å². The molecule has 4 aliphatic rings. The number of likely N-dealkylation sites (tertiary alicyclic amines) is 1. The number of quaternary nitrogens is 1. The summed E-state index contributed by atoms with van der Waals surface area (Å²) in [6, 6.07) is 23.3. The van der Waals surface area contributed by atoms with Gasteiger partial charge in [0.2, 0.25) is 0 Å². The van der Waals surface area contributed by atoms with Gasteiger partial charge in [0.15, 0.2) is 11.5 Å². The van der Waals surface area contributed by atoms with Gasteiger partial charge in [-0.3, -0.25) is 4.79 Å². The number of ether oxygens (including phenoxy) is 2. The lowest BCUT2D eigenvalue weighted by Gasteiger charge is -2.60. The van der Waals surface area contributed by atoms with E-state index >= 15 is 0 Å². The van der Waals surface area contributed by atoms with Crippen LogP contribution in [0, 0.1) is 11.8 Å². The first-order valence-electron chi connectivity index (χ1n) is 20.0. The van der Waals surface area contributed by atoms with Crippen molar-refractivity contribution in [1.82, 2.24) is 5.43 Å². The van der Waals surface area contributed by atoms with Gasteiger partial charge in [-0.05, 0) is 68.6 Å². The van der Waals surface area contributed by atoms with Crippen molar-refractivity contribution in [2.24, 2.45) is 11.8 Å². The third-order valence-electron chi connectivity index (χ3n) is 13.1. The van der Waals surface area contributed by atoms with Crippen LogP contribution in [0.1, 0.15) is 106 Å². The van der Waals surface area contributed by atoms with Crippen molar-refractivity contribution in [2.45, 2.75) is 120 Å². The fourth-order valence-electron chi connectivity index (χ4n) is 10.6. The normalized spacial score (nSPS) is 26.1. The van der Waals surface area contributed by atoms with E-state index in [1.807, 2.05) is 6.08 Å². The number of carbonyl (C=O) groups excluding carboxylic acids is 1. The summed E-state index contributed by atoms with van der Waals surface area (Å²) in [6.07, 6.45) is 19.4. The van der Waals surface area contributed by atoms with E-state index in [0.717, 1.165) is 75.6 Å². The van der Waals surface area contributed by atoms with Crippen LogP contribution in [-0.4, -0.2) is 48.0 Å². The second-order valence-electron chi connectivity index (χ2n) is 15.9. The molecule has 2 aliphatic heterocycles. The summed E-state index contributed by atoms with van der Waals surface area (Å²) in [4.78, 5) is 14.6. The molecule has 1 saturated heterocycles. The minimum atomic E-state index is -0.139. The zero-order valence-electron chi connectivity index (χ0n) is 30.8. The third kappa shape index (κ3) is 7.05. The summed E-state index contributed by atoms with van der Waals surface area (Å²) < 4.78 is 13.0. The molecule has 0 radical (unpaired) electrons. The number of benzene rings is 3. The van der Waals surface area contributed by atoms with Crippen molar-refractivity contribution < 1.29 is 24.0 Å². The molecule has 272 valence electrons. The molecule has 1 saturated carbocycles. The van der Waals surface area contributed by atoms with Gasteiger partial charge in [-0.2, -0.15) is 0 Å². The van der Waals surface area contributed by atoms with Gasteiger partial charge in [0, 0.05) is 41.9 Å². The van der Waals surface area contributed by atoms with Crippen molar-refractivity contribution in [2.75, 3.05) is 20.2 Å². The average molecular weight is 692 g/mol. The molecule has 6 atom stereocenters. The molecule has 6 heteroatoms. The van der Waals surface area contributed by atoms with Crippen LogP contribution >= 0.6 is 0 Å². The number of amides is 1. The second-order valence-corrected chi connectivity index (χ2v) is 15.9. The Kier molecular flexibility index (Phi) is 11.1. The molecule has 1 spiro atoms. The maximum absolute atomic E-state index is 14.6. The minimum absolute atomic E-state index is 0.0409. The van der Waals surface area contributed by atoms with E-state index in [0.29, 0.717) is 28.6 Å². The van der Waals surface area contributed by atoms with Gasteiger partial charge in [-0.25, -0.2) is 10.0 Å². The molecule has 6 nitrogen and oxygen atoms in total. The standard InChI is InChI=1S/C45H58N2O4/c1-3-29-47(30-28-45-37-24-17-25-41(45)51-43-40(50-2)32-39(48)36(42(43)45)31-38(37)47)46-44(49)35(27-26-34-21-14-10-15-22-34)23-16-8-6-4-5-7-11-18-33-19-12-9-13-20-33/h3,9-10,12-15,19-22,32,35,37-38,41H,1,4-8,11,16-18,23-31H2,2H3,(H-,46,48,49)/p+1/t35?,37-,38+,41-,45+,47?/m0/s1. The summed E-state index contributed by atoms with van der Waals surface area (Å²) in [7, 11) is 1.66. The number of phenols is 1. The molecule has 3 aromatic rings. The van der Waals surface area contributed by atoms with Gasteiger partial charge in [-0.15, -0.1) is 0 Å². The number of hydrogen-bond acceptors (Lipinski definition) is 4. The zero-order valence-corrected chi connectivity index (χ0v) is 30.8. The van der Waals surface area contributed by atoms with Crippen molar-refractivity contribution in [3.05, 3.63) is 102 Å². The lowest BCUT2D eigenvalue weighted by Crippen LogP contribution is -2.76. The Morgan fingerprint density at radius 2 is 1.67 bits per heavy atom. The maximum Gasteiger partial charge on any atom is 0.268 e. The molecule has 7 rings (SSSR count). The first-order chi connectivity index (χ1) is 25.0. The molecule has 2 aliphatic carbocycles.